The van der Waals surface area contributed by atoms with E-state index in [0.29, 0.717) is 6.42 Å². The summed E-state index contributed by atoms with van der Waals surface area (Å²) in [7, 11) is 0. The maximum atomic E-state index is 11.0. The second kappa shape index (κ2) is 4.82. The van der Waals surface area contributed by atoms with Gasteiger partial charge >= 0.3 is 5.97 Å². The molecular weight excluding hydrogens is 192 g/mol. The zero-order valence-corrected chi connectivity index (χ0v) is 8.97. The van der Waals surface area contributed by atoms with Crippen molar-refractivity contribution in [2.24, 2.45) is 11.8 Å². The highest BCUT2D eigenvalue weighted by Crippen LogP contribution is 2.20. The molecule has 2 N–H and O–H groups in total. The molecule has 15 heavy (non-hydrogen) atoms. The van der Waals surface area contributed by atoms with Gasteiger partial charge in [0.05, 0.1) is 5.92 Å². The van der Waals surface area contributed by atoms with Crippen LogP contribution in [0.1, 0.15) is 19.4 Å². The summed E-state index contributed by atoms with van der Waals surface area (Å²) >= 11 is 0. The van der Waals surface area contributed by atoms with Crippen LogP contribution >= 0.6 is 0 Å². The molecule has 3 nitrogen and oxygen atoms in total. The Labute approximate surface area is 89.4 Å². The molecule has 0 fully saturated rings. The van der Waals surface area contributed by atoms with Gasteiger partial charge in [0.25, 0.3) is 0 Å². The number of carboxylic acids is 1. The van der Waals surface area contributed by atoms with Crippen molar-refractivity contribution in [3.05, 3.63) is 29.8 Å². The Kier molecular flexibility index (Phi) is 3.72. The summed E-state index contributed by atoms with van der Waals surface area (Å²) in [6.45, 7) is 3.78. The predicted octanol–water partition coefficient (Wildman–Crippen LogP) is 2.29. The van der Waals surface area contributed by atoms with Gasteiger partial charge in [0, 0.05) is 0 Å². The molecule has 0 aromatic heterocycles. The molecule has 1 aromatic carbocycles. The van der Waals surface area contributed by atoms with Gasteiger partial charge in [-0.3, -0.25) is 4.79 Å². The highest BCUT2D eigenvalue weighted by atomic mass is 16.4. The van der Waals surface area contributed by atoms with E-state index in [9.17, 15) is 9.90 Å². The smallest absolute Gasteiger partial charge is 0.307 e. The van der Waals surface area contributed by atoms with E-state index >= 15 is 0 Å². The average molecular weight is 208 g/mol. The Hall–Kier alpha value is -1.51. The third-order valence-corrected chi connectivity index (χ3v) is 2.49. The van der Waals surface area contributed by atoms with Gasteiger partial charge < -0.3 is 10.2 Å². The second-order valence-electron chi connectivity index (χ2n) is 4.06. The lowest BCUT2D eigenvalue weighted by molar-refractivity contribution is -0.143. The number of carbonyl (C=O) groups is 1. The van der Waals surface area contributed by atoms with Crippen LogP contribution in [0.3, 0.4) is 0 Å². The fourth-order valence-electron chi connectivity index (χ4n) is 1.55. The SMILES string of the molecule is CC(C)C(Cc1cccc(O)c1)C(=O)O. The largest absolute Gasteiger partial charge is 0.508 e. The Morgan fingerprint density at radius 1 is 1.40 bits per heavy atom. The number of phenolic OH excluding ortho intramolecular Hbond substituents is 1. The lowest BCUT2D eigenvalue weighted by Crippen LogP contribution is -2.22. The molecule has 0 saturated heterocycles. The number of hydrogen-bond donors (Lipinski definition) is 2. The van der Waals surface area contributed by atoms with Gasteiger partial charge in [-0.2, -0.15) is 0 Å². The summed E-state index contributed by atoms with van der Waals surface area (Å²) < 4.78 is 0. The molecule has 1 rings (SSSR count). The van der Waals surface area contributed by atoms with Crippen LogP contribution in [0.2, 0.25) is 0 Å². The normalized spacial score (nSPS) is 12.7. The van der Waals surface area contributed by atoms with E-state index in [2.05, 4.69) is 0 Å². The van der Waals surface area contributed by atoms with E-state index in [1.807, 2.05) is 19.9 Å². The minimum absolute atomic E-state index is 0.0878. The highest BCUT2D eigenvalue weighted by molar-refractivity contribution is 5.70. The third-order valence-electron chi connectivity index (χ3n) is 2.49. The van der Waals surface area contributed by atoms with Crippen LogP contribution in [0, 0.1) is 11.8 Å². The molecule has 0 saturated carbocycles. The van der Waals surface area contributed by atoms with Gasteiger partial charge in [0.2, 0.25) is 0 Å². The first-order valence-electron chi connectivity index (χ1n) is 5.01. The molecule has 1 aromatic rings. The fraction of sp³-hybridized carbons (Fsp3) is 0.417. The number of rotatable bonds is 4. The molecule has 0 radical (unpaired) electrons. The van der Waals surface area contributed by atoms with Gasteiger partial charge in [-0.1, -0.05) is 26.0 Å². The molecular formula is C12H16O3. The molecule has 3 heteroatoms. The lowest BCUT2D eigenvalue weighted by Gasteiger charge is -2.15. The molecule has 0 aliphatic rings. The Balaban J connectivity index is 2.79. The first-order valence-corrected chi connectivity index (χ1v) is 5.01. The molecule has 0 aliphatic carbocycles. The van der Waals surface area contributed by atoms with Crippen LogP contribution in [0.4, 0.5) is 0 Å². The van der Waals surface area contributed by atoms with Crippen molar-refractivity contribution in [3.63, 3.8) is 0 Å². The maximum Gasteiger partial charge on any atom is 0.307 e. The molecule has 1 atom stereocenters. The quantitative estimate of drug-likeness (QED) is 0.798. The van der Waals surface area contributed by atoms with Gasteiger partial charge in [-0.15, -0.1) is 0 Å². The number of phenols is 1. The van der Waals surface area contributed by atoms with Crippen molar-refractivity contribution in [2.45, 2.75) is 20.3 Å². The number of aliphatic carboxylic acids is 1. The zero-order chi connectivity index (χ0) is 11.4. The van der Waals surface area contributed by atoms with E-state index in [0.717, 1.165) is 5.56 Å². The van der Waals surface area contributed by atoms with E-state index < -0.39 is 11.9 Å². The molecule has 0 spiro atoms. The zero-order valence-electron chi connectivity index (χ0n) is 8.97. The molecule has 0 heterocycles. The van der Waals surface area contributed by atoms with Crippen LogP contribution < -0.4 is 0 Å². The van der Waals surface area contributed by atoms with Crippen LogP contribution in [-0.2, 0) is 11.2 Å². The number of benzene rings is 1. The average Bonchev–Trinajstić information content (AvgIpc) is 2.13. The molecule has 82 valence electrons. The molecule has 0 aliphatic heterocycles. The summed E-state index contributed by atoms with van der Waals surface area (Å²) in [5, 5.41) is 18.3. The third kappa shape index (κ3) is 3.27. The van der Waals surface area contributed by atoms with Crippen molar-refractivity contribution in [1.82, 2.24) is 0 Å². The standard InChI is InChI=1S/C12H16O3/c1-8(2)11(12(14)15)7-9-4-3-5-10(13)6-9/h3-6,8,11,13H,7H2,1-2H3,(H,14,15). The summed E-state index contributed by atoms with van der Waals surface area (Å²) in [6, 6.07) is 6.74. The summed E-state index contributed by atoms with van der Waals surface area (Å²) in [6.07, 6.45) is 0.460. The van der Waals surface area contributed by atoms with Crippen LogP contribution in [0.5, 0.6) is 5.75 Å². The maximum absolute atomic E-state index is 11.0. The van der Waals surface area contributed by atoms with E-state index in [4.69, 9.17) is 5.11 Å². The van der Waals surface area contributed by atoms with E-state index in [1.54, 1.807) is 18.2 Å². The highest BCUT2D eigenvalue weighted by Gasteiger charge is 2.21. The minimum atomic E-state index is -0.784. The topological polar surface area (TPSA) is 57.5 Å². The summed E-state index contributed by atoms with van der Waals surface area (Å²) in [5.74, 6) is -0.912. The number of carboxylic acid groups (broad SMARTS) is 1. The van der Waals surface area contributed by atoms with Crippen molar-refractivity contribution < 1.29 is 15.0 Å². The van der Waals surface area contributed by atoms with E-state index in [1.165, 1.54) is 0 Å². The Bertz CT molecular complexity index is 344. The molecule has 1 unspecified atom stereocenters. The Morgan fingerprint density at radius 3 is 2.53 bits per heavy atom. The monoisotopic (exact) mass is 208 g/mol. The van der Waals surface area contributed by atoms with Crippen LogP contribution in [0.15, 0.2) is 24.3 Å². The first-order chi connectivity index (χ1) is 7.00. The lowest BCUT2D eigenvalue weighted by atomic mass is 9.89. The first kappa shape index (κ1) is 11.6. The Morgan fingerprint density at radius 2 is 2.07 bits per heavy atom. The van der Waals surface area contributed by atoms with Gasteiger partial charge in [0.15, 0.2) is 0 Å². The van der Waals surface area contributed by atoms with Crippen LogP contribution in [-0.4, -0.2) is 16.2 Å². The van der Waals surface area contributed by atoms with E-state index in [-0.39, 0.29) is 11.7 Å². The minimum Gasteiger partial charge on any atom is -0.508 e. The van der Waals surface area contributed by atoms with Crippen molar-refractivity contribution in [3.8, 4) is 5.75 Å². The second-order valence-corrected chi connectivity index (χ2v) is 4.06. The summed E-state index contributed by atoms with van der Waals surface area (Å²) in [5.41, 5.74) is 0.858. The van der Waals surface area contributed by atoms with Gasteiger partial charge in [-0.05, 0) is 30.0 Å². The van der Waals surface area contributed by atoms with Crippen molar-refractivity contribution in [2.75, 3.05) is 0 Å². The van der Waals surface area contributed by atoms with Gasteiger partial charge in [0.1, 0.15) is 5.75 Å². The van der Waals surface area contributed by atoms with Gasteiger partial charge in [-0.25, -0.2) is 0 Å². The summed E-state index contributed by atoms with van der Waals surface area (Å²) in [4.78, 5) is 11.0. The fourth-order valence-corrected chi connectivity index (χ4v) is 1.55. The van der Waals surface area contributed by atoms with Crippen LogP contribution in [0.25, 0.3) is 0 Å². The predicted molar refractivity (Wildman–Crippen MR) is 57.8 cm³/mol. The van der Waals surface area contributed by atoms with Crippen molar-refractivity contribution in [1.29, 1.82) is 0 Å². The number of hydrogen-bond acceptors (Lipinski definition) is 2. The van der Waals surface area contributed by atoms with Crippen molar-refractivity contribution >= 4 is 5.97 Å². The molecule has 0 amide bonds. The number of aromatic hydroxyl groups is 1. The molecule has 0 bridgehead atoms.